The molecular formula is C14H22. The summed E-state index contributed by atoms with van der Waals surface area (Å²) in [5.74, 6) is 0. The zero-order chi connectivity index (χ0) is 10.6. The summed E-state index contributed by atoms with van der Waals surface area (Å²) in [6.45, 7) is 8.94. The van der Waals surface area contributed by atoms with Crippen LogP contribution in [0.4, 0.5) is 0 Å². The molecule has 0 fully saturated rings. The smallest absolute Gasteiger partial charge is 0.0276 e. The molecule has 1 rings (SSSR count). The van der Waals surface area contributed by atoms with E-state index in [2.05, 4.69) is 39.8 Å². The van der Waals surface area contributed by atoms with E-state index in [0.717, 1.165) is 6.42 Å². The molecule has 0 radical (unpaired) electrons. The fourth-order valence-corrected chi connectivity index (χ4v) is 1.97. The summed E-state index contributed by atoms with van der Waals surface area (Å²) in [7, 11) is 0. The number of aryl methyl sites for hydroxylation is 4. The van der Waals surface area contributed by atoms with Gasteiger partial charge in [-0.25, -0.2) is 0 Å². The average molecular weight is 190 g/mol. The van der Waals surface area contributed by atoms with Crippen LogP contribution in [0.3, 0.4) is 0 Å². The molecule has 0 aliphatic carbocycles. The Bertz CT molecular complexity index is 297. The first-order chi connectivity index (χ1) is 6.69. The molecule has 78 valence electrons. The number of unbranched alkanes of at least 4 members (excludes halogenated alkanes) is 1. The van der Waals surface area contributed by atoms with Gasteiger partial charge in [0.05, 0.1) is 0 Å². The van der Waals surface area contributed by atoms with Crippen molar-refractivity contribution in [1.82, 2.24) is 0 Å². The van der Waals surface area contributed by atoms with E-state index in [1.54, 1.807) is 5.56 Å². The average Bonchev–Trinajstić information content (AvgIpc) is 2.17. The Hall–Kier alpha value is -0.780. The van der Waals surface area contributed by atoms with Crippen LogP contribution in [0.15, 0.2) is 12.1 Å². The second kappa shape index (κ2) is 5.19. The molecule has 0 N–H and O–H groups in total. The highest BCUT2D eigenvalue weighted by Crippen LogP contribution is 2.18. The molecule has 1 aromatic carbocycles. The van der Waals surface area contributed by atoms with E-state index < -0.39 is 0 Å². The third-order valence-electron chi connectivity index (χ3n) is 2.98. The highest BCUT2D eigenvalue weighted by atomic mass is 14.1. The van der Waals surface area contributed by atoms with E-state index in [-0.39, 0.29) is 0 Å². The van der Waals surface area contributed by atoms with Gasteiger partial charge >= 0.3 is 0 Å². The van der Waals surface area contributed by atoms with E-state index >= 15 is 0 Å². The standard InChI is InChI=1S/C14H22/c1-5-7-8-14-10-13(6-2)11(3)9-12(14)4/h9-10H,5-8H2,1-4H3. The molecule has 0 amide bonds. The summed E-state index contributed by atoms with van der Waals surface area (Å²) in [4.78, 5) is 0. The Morgan fingerprint density at radius 2 is 1.57 bits per heavy atom. The van der Waals surface area contributed by atoms with Crippen LogP contribution in [0.5, 0.6) is 0 Å². The van der Waals surface area contributed by atoms with Crippen molar-refractivity contribution in [3.8, 4) is 0 Å². The molecule has 14 heavy (non-hydrogen) atoms. The molecule has 0 saturated carbocycles. The molecule has 0 aromatic heterocycles. The van der Waals surface area contributed by atoms with Crippen LogP contribution >= 0.6 is 0 Å². The van der Waals surface area contributed by atoms with E-state index in [1.165, 1.54) is 36.0 Å². The van der Waals surface area contributed by atoms with Gasteiger partial charge in [0.1, 0.15) is 0 Å². The quantitative estimate of drug-likeness (QED) is 0.667. The predicted octanol–water partition coefficient (Wildman–Crippen LogP) is 4.21. The lowest BCUT2D eigenvalue weighted by Crippen LogP contribution is -1.95. The van der Waals surface area contributed by atoms with Gasteiger partial charge in [0, 0.05) is 0 Å². The van der Waals surface area contributed by atoms with Gasteiger partial charge in [-0.1, -0.05) is 32.4 Å². The van der Waals surface area contributed by atoms with Crippen LogP contribution in [0.2, 0.25) is 0 Å². The summed E-state index contributed by atoms with van der Waals surface area (Å²) in [5, 5.41) is 0. The summed E-state index contributed by atoms with van der Waals surface area (Å²) in [6, 6.07) is 4.74. The van der Waals surface area contributed by atoms with Gasteiger partial charge in [0.15, 0.2) is 0 Å². The normalized spacial score (nSPS) is 10.6. The third-order valence-corrected chi connectivity index (χ3v) is 2.98. The number of hydrogen-bond acceptors (Lipinski definition) is 0. The fraction of sp³-hybridized carbons (Fsp3) is 0.571. The summed E-state index contributed by atoms with van der Waals surface area (Å²) < 4.78 is 0. The van der Waals surface area contributed by atoms with Crippen molar-refractivity contribution in [1.29, 1.82) is 0 Å². The fourth-order valence-electron chi connectivity index (χ4n) is 1.97. The van der Waals surface area contributed by atoms with E-state index in [0.29, 0.717) is 0 Å². The second-order valence-electron chi connectivity index (χ2n) is 4.16. The zero-order valence-electron chi connectivity index (χ0n) is 9.98. The van der Waals surface area contributed by atoms with Crippen LogP contribution in [0.25, 0.3) is 0 Å². The molecule has 0 aliphatic rings. The molecule has 1 aromatic rings. The minimum absolute atomic E-state index is 1.16. The van der Waals surface area contributed by atoms with Crippen LogP contribution in [0, 0.1) is 13.8 Å². The van der Waals surface area contributed by atoms with Crippen LogP contribution < -0.4 is 0 Å². The van der Waals surface area contributed by atoms with Gasteiger partial charge < -0.3 is 0 Å². The monoisotopic (exact) mass is 190 g/mol. The lowest BCUT2D eigenvalue weighted by atomic mass is 9.95. The summed E-state index contributed by atoms with van der Waals surface area (Å²) in [5.41, 5.74) is 5.98. The third kappa shape index (κ3) is 2.60. The highest BCUT2D eigenvalue weighted by Gasteiger charge is 2.02. The number of benzene rings is 1. The Labute approximate surface area is 88.4 Å². The van der Waals surface area contributed by atoms with Crippen molar-refractivity contribution in [3.05, 3.63) is 34.4 Å². The van der Waals surface area contributed by atoms with E-state index in [4.69, 9.17) is 0 Å². The molecule has 0 spiro atoms. The molecule has 0 aliphatic heterocycles. The molecular weight excluding hydrogens is 168 g/mol. The molecule has 0 unspecified atom stereocenters. The molecule has 0 heterocycles. The minimum atomic E-state index is 1.16. The lowest BCUT2D eigenvalue weighted by molar-refractivity contribution is 0.789. The Kier molecular flexibility index (Phi) is 4.19. The van der Waals surface area contributed by atoms with Crippen molar-refractivity contribution in [2.75, 3.05) is 0 Å². The van der Waals surface area contributed by atoms with Gasteiger partial charge in [-0.15, -0.1) is 0 Å². The van der Waals surface area contributed by atoms with Crippen molar-refractivity contribution >= 4 is 0 Å². The van der Waals surface area contributed by atoms with Crippen molar-refractivity contribution in [2.45, 2.75) is 53.4 Å². The zero-order valence-corrected chi connectivity index (χ0v) is 9.98. The van der Waals surface area contributed by atoms with E-state index in [9.17, 15) is 0 Å². The largest absolute Gasteiger partial charge is 0.0654 e. The molecule has 0 bridgehead atoms. The molecule has 0 heteroatoms. The van der Waals surface area contributed by atoms with Crippen LogP contribution in [0.1, 0.15) is 48.9 Å². The van der Waals surface area contributed by atoms with E-state index in [1.807, 2.05) is 0 Å². The van der Waals surface area contributed by atoms with Crippen LogP contribution in [-0.4, -0.2) is 0 Å². The topological polar surface area (TPSA) is 0 Å². The summed E-state index contributed by atoms with van der Waals surface area (Å²) >= 11 is 0. The molecule has 0 nitrogen and oxygen atoms in total. The maximum absolute atomic E-state index is 2.40. The first kappa shape index (κ1) is 11.3. The number of hydrogen-bond donors (Lipinski definition) is 0. The minimum Gasteiger partial charge on any atom is -0.0654 e. The van der Waals surface area contributed by atoms with Gasteiger partial charge in [0.2, 0.25) is 0 Å². The Morgan fingerprint density at radius 1 is 0.929 bits per heavy atom. The predicted molar refractivity (Wildman–Crippen MR) is 63.9 cm³/mol. The number of rotatable bonds is 4. The summed E-state index contributed by atoms with van der Waals surface area (Å²) in [6.07, 6.45) is 5.00. The van der Waals surface area contributed by atoms with Gasteiger partial charge in [-0.05, 0) is 55.4 Å². The van der Waals surface area contributed by atoms with Gasteiger partial charge in [-0.3, -0.25) is 0 Å². The van der Waals surface area contributed by atoms with Crippen molar-refractivity contribution in [2.24, 2.45) is 0 Å². The maximum Gasteiger partial charge on any atom is -0.0276 e. The Morgan fingerprint density at radius 3 is 2.14 bits per heavy atom. The van der Waals surface area contributed by atoms with Gasteiger partial charge in [0.25, 0.3) is 0 Å². The van der Waals surface area contributed by atoms with Crippen molar-refractivity contribution < 1.29 is 0 Å². The van der Waals surface area contributed by atoms with Crippen LogP contribution in [-0.2, 0) is 12.8 Å². The lowest BCUT2D eigenvalue weighted by Gasteiger charge is -2.10. The second-order valence-corrected chi connectivity index (χ2v) is 4.16. The highest BCUT2D eigenvalue weighted by molar-refractivity contribution is 5.37. The molecule has 0 atom stereocenters. The van der Waals surface area contributed by atoms with Gasteiger partial charge in [-0.2, -0.15) is 0 Å². The Balaban J connectivity index is 2.92. The molecule has 0 saturated heterocycles. The van der Waals surface area contributed by atoms with Crippen molar-refractivity contribution in [3.63, 3.8) is 0 Å². The first-order valence-electron chi connectivity index (χ1n) is 5.78. The SMILES string of the molecule is CCCCc1cc(CC)c(C)cc1C. The first-order valence-corrected chi connectivity index (χ1v) is 5.78. The maximum atomic E-state index is 2.40.